The Morgan fingerprint density at radius 2 is 1.94 bits per heavy atom. The molecule has 2 rings (SSSR count). The fraction of sp³-hybridized carbons (Fsp3) is 0.933. The quantitative estimate of drug-likeness (QED) is 0.839. The summed E-state index contributed by atoms with van der Waals surface area (Å²) in [5.74, 6) is 3.74. The van der Waals surface area contributed by atoms with E-state index in [1.54, 1.807) is 0 Å². The Morgan fingerprint density at radius 3 is 2.61 bits per heavy atom. The highest BCUT2D eigenvalue weighted by Gasteiger charge is 2.21. The molecule has 1 saturated heterocycles. The molecule has 0 aromatic carbocycles. The monoisotopic (exact) mass is 268 g/mol. The molecule has 104 valence electrons. The summed E-state index contributed by atoms with van der Waals surface area (Å²) in [4.78, 5) is 4.83. The van der Waals surface area contributed by atoms with Gasteiger partial charge < -0.3 is 5.32 Å². The van der Waals surface area contributed by atoms with Crippen LogP contribution in [0.4, 0.5) is 0 Å². The van der Waals surface area contributed by atoms with Crippen LogP contribution in [0, 0.1) is 17.8 Å². The second kappa shape index (κ2) is 6.83. The largest absolute Gasteiger partial charge is 0.362 e. The number of aliphatic imine (C=N–C) groups is 1. The van der Waals surface area contributed by atoms with Gasteiger partial charge in [0.2, 0.25) is 0 Å². The minimum atomic E-state index is 0.636. The van der Waals surface area contributed by atoms with E-state index in [2.05, 4.69) is 26.1 Å². The van der Waals surface area contributed by atoms with Crippen LogP contribution in [0.3, 0.4) is 0 Å². The molecule has 1 saturated carbocycles. The zero-order valence-corrected chi connectivity index (χ0v) is 12.9. The molecular formula is C15H28N2S. The molecule has 0 amide bonds. The number of nitrogens with zero attached hydrogens (tertiary/aromatic N) is 1. The molecule has 0 spiro atoms. The number of amidine groups is 1. The summed E-state index contributed by atoms with van der Waals surface area (Å²) in [6.45, 7) is 8.03. The van der Waals surface area contributed by atoms with Gasteiger partial charge in [-0.05, 0) is 37.0 Å². The summed E-state index contributed by atoms with van der Waals surface area (Å²) in [5, 5.41) is 4.82. The van der Waals surface area contributed by atoms with Gasteiger partial charge in [-0.25, -0.2) is 0 Å². The van der Waals surface area contributed by atoms with E-state index >= 15 is 0 Å². The van der Waals surface area contributed by atoms with Gasteiger partial charge in [0.1, 0.15) is 0 Å². The Bertz CT molecular complexity index is 280. The summed E-state index contributed by atoms with van der Waals surface area (Å²) >= 11 is 1.91. The first-order chi connectivity index (χ1) is 8.65. The van der Waals surface area contributed by atoms with Crippen molar-refractivity contribution in [1.82, 2.24) is 5.32 Å². The van der Waals surface area contributed by atoms with Gasteiger partial charge in [0, 0.05) is 18.3 Å². The Morgan fingerprint density at radius 1 is 1.22 bits per heavy atom. The van der Waals surface area contributed by atoms with Crippen LogP contribution in [0.15, 0.2) is 4.99 Å². The lowest BCUT2D eigenvalue weighted by molar-refractivity contribution is 0.296. The zero-order chi connectivity index (χ0) is 13.0. The molecule has 0 aromatic heterocycles. The maximum atomic E-state index is 4.83. The minimum Gasteiger partial charge on any atom is -0.362 e. The maximum absolute atomic E-state index is 4.83. The van der Waals surface area contributed by atoms with Crippen molar-refractivity contribution in [3.8, 4) is 0 Å². The molecule has 1 aliphatic heterocycles. The van der Waals surface area contributed by atoms with Crippen LogP contribution in [0.5, 0.6) is 0 Å². The minimum absolute atomic E-state index is 0.636. The van der Waals surface area contributed by atoms with Crippen molar-refractivity contribution in [3.05, 3.63) is 0 Å². The molecule has 2 fully saturated rings. The average Bonchev–Trinajstić information content (AvgIpc) is 2.38. The lowest BCUT2D eigenvalue weighted by Gasteiger charge is -2.29. The first kappa shape index (κ1) is 14.2. The van der Waals surface area contributed by atoms with Crippen molar-refractivity contribution in [1.29, 1.82) is 0 Å². The topological polar surface area (TPSA) is 24.4 Å². The van der Waals surface area contributed by atoms with E-state index in [-0.39, 0.29) is 0 Å². The molecule has 1 aliphatic carbocycles. The molecule has 1 atom stereocenters. The predicted molar refractivity (Wildman–Crippen MR) is 82.3 cm³/mol. The average molecular weight is 268 g/mol. The van der Waals surface area contributed by atoms with Gasteiger partial charge >= 0.3 is 0 Å². The maximum Gasteiger partial charge on any atom is 0.156 e. The van der Waals surface area contributed by atoms with E-state index in [1.165, 1.54) is 43.0 Å². The number of thioether (sulfide) groups is 1. The fourth-order valence-electron chi connectivity index (χ4n) is 2.87. The third kappa shape index (κ3) is 4.18. The second-order valence-electron chi connectivity index (χ2n) is 6.40. The summed E-state index contributed by atoms with van der Waals surface area (Å²) < 4.78 is 0. The Balaban J connectivity index is 1.78. The van der Waals surface area contributed by atoms with Gasteiger partial charge in [-0.1, -0.05) is 45.4 Å². The van der Waals surface area contributed by atoms with E-state index in [4.69, 9.17) is 4.99 Å². The van der Waals surface area contributed by atoms with Crippen molar-refractivity contribution >= 4 is 16.9 Å². The Kier molecular flexibility index (Phi) is 5.40. The smallest absolute Gasteiger partial charge is 0.156 e. The van der Waals surface area contributed by atoms with Crippen LogP contribution in [-0.4, -0.2) is 23.5 Å². The summed E-state index contributed by atoms with van der Waals surface area (Å²) in [7, 11) is 0. The highest BCUT2D eigenvalue weighted by molar-refractivity contribution is 8.13. The normalized spacial score (nSPS) is 35.8. The van der Waals surface area contributed by atoms with Crippen molar-refractivity contribution in [3.63, 3.8) is 0 Å². The van der Waals surface area contributed by atoms with Gasteiger partial charge in [0.15, 0.2) is 5.17 Å². The predicted octanol–water partition coefficient (Wildman–Crippen LogP) is 3.92. The van der Waals surface area contributed by atoms with E-state index < -0.39 is 0 Å². The fourth-order valence-corrected chi connectivity index (χ4v) is 3.84. The molecule has 0 aromatic rings. The third-order valence-electron chi connectivity index (χ3n) is 4.41. The van der Waals surface area contributed by atoms with E-state index in [1.807, 2.05) is 11.8 Å². The number of hydrogen-bond donors (Lipinski definition) is 1. The van der Waals surface area contributed by atoms with Gasteiger partial charge in [-0.2, -0.15) is 0 Å². The Labute approximate surface area is 116 Å². The molecular weight excluding hydrogens is 240 g/mol. The van der Waals surface area contributed by atoms with Crippen LogP contribution in [0.25, 0.3) is 0 Å². The molecule has 1 heterocycles. The molecule has 1 unspecified atom stereocenters. The third-order valence-corrected chi connectivity index (χ3v) is 5.37. The van der Waals surface area contributed by atoms with Crippen LogP contribution < -0.4 is 5.32 Å². The molecule has 18 heavy (non-hydrogen) atoms. The number of nitrogens with one attached hydrogen (secondary N) is 1. The first-order valence-electron chi connectivity index (χ1n) is 7.59. The highest BCUT2D eigenvalue weighted by atomic mass is 32.2. The van der Waals surface area contributed by atoms with E-state index in [0.717, 1.165) is 18.4 Å². The van der Waals surface area contributed by atoms with Gasteiger partial charge in [0.25, 0.3) is 0 Å². The molecule has 0 bridgehead atoms. The molecule has 2 aliphatic rings. The summed E-state index contributed by atoms with van der Waals surface area (Å²) in [5.41, 5.74) is 0. The van der Waals surface area contributed by atoms with Crippen LogP contribution in [0.1, 0.15) is 52.9 Å². The molecule has 3 heteroatoms. The Hall–Kier alpha value is -0.180. The van der Waals surface area contributed by atoms with Gasteiger partial charge in [-0.15, -0.1) is 0 Å². The number of rotatable bonds is 3. The molecule has 1 N–H and O–H groups in total. The highest BCUT2D eigenvalue weighted by Crippen LogP contribution is 2.28. The van der Waals surface area contributed by atoms with E-state index in [0.29, 0.717) is 12.0 Å². The van der Waals surface area contributed by atoms with Gasteiger partial charge in [0.05, 0.1) is 0 Å². The van der Waals surface area contributed by atoms with Crippen LogP contribution in [0.2, 0.25) is 0 Å². The SMILES string of the molecule is CC1CCC(CN=C2NC(C(C)C)CCS2)CC1. The van der Waals surface area contributed by atoms with Crippen molar-refractivity contribution < 1.29 is 0 Å². The van der Waals surface area contributed by atoms with Gasteiger partial charge in [-0.3, -0.25) is 4.99 Å². The van der Waals surface area contributed by atoms with E-state index in [9.17, 15) is 0 Å². The van der Waals surface area contributed by atoms with Crippen molar-refractivity contribution in [2.24, 2.45) is 22.7 Å². The second-order valence-corrected chi connectivity index (χ2v) is 7.49. The zero-order valence-electron chi connectivity index (χ0n) is 12.1. The number of hydrogen-bond acceptors (Lipinski definition) is 2. The van der Waals surface area contributed by atoms with Crippen molar-refractivity contribution in [2.45, 2.75) is 58.9 Å². The lowest BCUT2D eigenvalue weighted by Crippen LogP contribution is -2.41. The molecule has 0 radical (unpaired) electrons. The van der Waals surface area contributed by atoms with Crippen LogP contribution >= 0.6 is 11.8 Å². The summed E-state index contributed by atoms with van der Waals surface area (Å²) in [6, 6.07) is 0.636. The first-order valence-corrected chi connectivity index (χ1v) is 8.57. The van der Waals surface area contributed by atoms with Crippen molar-refractivity contribution in [2.75, 3.05) is 12.3 Å². The standard InChI is InChI=1S/C15H28N2S/c1-11(2)14-8-9-18-15(17-14)16-10-13-6-4-12(3)5-7-13/h11-14H,4-10H2,1-3H3,(H,16,17). The van der Waals surface area contributed by atoms with Crippen LogP contribution in [-0.2, 0) is 0 Å². The molecule has 2 nitrogen and oxygen atoms in total. The lowest BCUT2D eigenvalue weighted by atomic mass is 9.83. The summed E-state index contributed by atoms with van der Waals surface area (Å²) in [6.07, 6.45) is 6.87.